The molecular weight excluding hydrogens is 244 g/mol. The summed E-state index contributed by atoms with van der Waals surface area (Å²) in [5.74, 6) is 0.139. The Bertz CT molecular complexity index is 451. The molecule has 19 heavy (non-hydrogen) atoms. The lowest BCUT2D eigenvalue weighted by atomic mass is 10.1. The number of hydrogen-bond acceptors (Lipinski definition) is 4. The predicted molar refractivity (Wildman–Crippen MR) is 73.4 cm³/mol. The molecule has 0 amide bonds. The number of phenolic OH excluding ortho intramolecular Hbond substituents is 1. The number of esters is 1. The molecule has 0 heterocycles. The third-order valence-corrected chi connectivity index (χ3v) is 2.52. The number of phenols is 1. The van der Waals surface area contributed by atoms with Crippen LogP contribution in [-0.2, 0) is 16.0 Å². The summed E-state index contributed by atoms with van der Waals surface area (Å²) >= 11 is 0. The second-order valence-electron chi connectivity index (χ2n) is 4.28. The van der Waals surface area contributed by atoms with Crippen molar-refractivity contribution in [2.24, 2.45) is 0 Å². The lowest BCUT2D eigenvalue weighted by molar-refractivity contribution is -0.139. The van der Waals surface area contributed by atoms with Crippen LogP contribution in [0.3, 0.4) is 0 Å². The fourth-order valence-corrected chi connectivity index (χ4v) is 1.56. The summed E-state index contributed by atoms with van der Waals surface area (Å²) in [6.45, 7) is 7.44. The molecule has 1 rings (SSSR count). The first-order chi connectivity index (χ1) is 9.06. The normalized spacial score (nSPS) is 10.0. The third kappa shape index (κ3) is 4.66. The molecule has 0 aromatic heterocycles. The molecule has 0 saturated heterocycles. The van der Waals surface area contributed by atoms with Gasteiger partial charge in [0.05, 0.1) is 0 Å². The molecule has 1 N–H and O–H groups in total. The van der Waals surface area contributed by atoms with E-state index in [4.69, 9.17) is 9.47 Å². The molecule has 0 radical (unpaired) electrons. The van der Waals surface area contributed by atoms with E-state index in [-0.39, 0.29) is 19.0 Å². The summed E-state index contributed by atoms with van der Waals surface area (Å²) in [5, 5.41) is 9.97. The Kier molecular flexibility index (Phi) is 5.93. The molecule has 4 heteroatoms. The fraction of sp³-hybridized carbons (Fsp3) is 0.400. The summed E-state index contributed by atoms with van der Waals surface area (Å²) in [4.78, 5) is 11.1. The minimum atomic E-state index is -0.437. The Morgan fingerprint density at radius 1 is 1.37 bits per heavy atom. The number of hydrogen-bond donors (Lipinski definition) is 1. The number of benzene rings is 1. The van der Waals surface area contributed by atoms with Crippen LogP contribution < -0.4 is 4.74 Å². The van der Waals surface area contributed by atoms with Crippen LogP contribution in [-0.4, -0.2) is 24.3 Å². The predicted octanol–water partition coefficient (Wildman–Crippen LogP) is 2.84. The Labute approximate surface area is 113 Å². The van der Waals surface area contributed by atoms with Crippen LogP contribution in [0.2, 0.25) is 0 Å². The van der Waals surface area contributed by atoms with Crippen LogP contribution in [0.4, 0.5) is 0 Å². The van der Waals surface area contributed by atoms with E-state index >= 15 is 0 Å². The first-order valence-electron chi connectivity index (χ1n) is 6.32. The zero-order chi connectivity index (χ0) is 14.3. The van der Waals surface area contributed by atoms with Crippen LogP contribution >= 0.6 is 0 Å². The number of ether oxygens (including phenoxy) is 2. The summed E-state index contributed by atoms with van der Waals surface area (Å²) < 4.78 is 10.3. The number of carbonyl (C=O) groups excluding carboxylic acids is 1. The van der Waals surface area contributed by atoms with Crippen molar-refractivity contribution in [3.63, 3.8) is 0 Å². The van der Waals surface area contributed by atoms with Crippen molar-refractivity contribution in [3.05, 3.63) is 35.9 Å². The molecule has 104 valence electrons. The largest absolute Gasteiger partial charge is 0.504 e. The minimum absolute atomic E-state index is 0.128. The van der Waals surface area contributed by atoms with Crippen molar-refractivity contribution in [3.8, 4) is 11.5 Å². The first kappa shape index (κ1) is 15.1. The lowest BCUT2D eigenvalue weighted by Gasteiger charge is -2.11. The summed E-state index contributed by atoms with van der Waals surface area (Å²) in [6.07, 6.45) is 1.75. The highest BCUT2D eigenvalue weighted by atomic mass is 16.6. The number of aryl methyl sites for hydroxylation is 1. The molecule has 4 nitrogen and oxygen atoms in total. The quantitative estimate of drug-likeness (QED) is 0.467. The van der Waals surface area contributed by atoms with Gasteiger partial charge in [-0.2, -0.15) is 0 Å². The van der Waals surface area contributed by atoms with Gasteiger partial charge in [0, 0.05) is 5.57 Å². The first-order valence-corrected chi connectivity index (χ1v) is 6.32. The van der Waals surface area contributed by atoms with Crippen molar-refractivity contribution >= 4 is 5.97 Å². The monoisotopic (exact) mass is 264 g/mol. The molecule has 0 aliphatic rings. The summed E-state index contributed by atoms with van der Waals surface area (Å²) in [6, 6.07) is 5.39. The average Bonchev–Trinajstić information content (AvgIpc) is 2.38. The van der Waals surface area contributed by atoms with Crippen molar-refractivity contribution in [1.82, 2.24) is 0 Å². The number of aromatic hydroxyl groups is 1. The molecule has 0 bridgehead atoms. The highest BCUT2D eigenvalue weighted by molar-refractivity contribution is 5.86. The third-order valence-electron chi connectivity index (χ3n) is 2.52. The van der Waals surface area contributed by atoms with Crippen LogP contribution in [0.5, 0.6) is 11.5 Å². The molecule has 0 fully saturated rings. The smallest absolute Gasteiger partial charge is 0.333 e. The van der Waals surface area contributed by atoms with Gasteiger partial charge >= 0.3 is 5.97 Å². The topological polar surface area (TPSA) is 55.8 Å². The summed E-state index contributed by atoms with van der Waals surface area (Å²) in [7, 11) is 0. The van der Waals surface area contributed by atoms with Gasteiger partial charge in [0.15, 0.2) is 11.5 Å². The lowest BCUT2D eigenvalue weighted by Crippen LogP contribution is -2.12. The molecule has 0 atom stereocenters. The van der Waals surface area contributed by atoms with E-state index in [2.05, 4.69) is 6.58 Å². The SMILES string of the molecule is C=C(C)C(=O)OCCOc1cccc(CCC)c1O. The van der Waals surface area contributed by atoms with Gasteiger partial charge in [0.2, 0.25) is 0 Å². The van der Waals surface area contributed by atoms with Gasteiger partial charge in [-0.3, -0.25) is 0 Å². The van der Waals surface area contributed by atoms with Gasteiger partial charge in [-0.25, -0.2) is 4.79 Å². The van der Waals surface area contributed by atoms with Crippen molar-refractivity contribution in [2.45, 2.75) is 26.7 Å². The molecule has 0 spiro atoms. The van der Waals surface area contributed by atoms with E-state index in [9.17, 15) is 9.90 Å². The maximum absolute atomic E-state index is 11.1. The molecular formula is C15H20O4. The average molecular weight is 264 g/mol. The van der Waals surface area contributed by atoms with Gasteiger partial charge in [0.25, 0.3) is 0 Å². The van der Waals surface area contributed by atoms with Crippen LogP contribution in [0.25, 0.3) is 0 Å². The molecule has 0 saturated carbocycles. The van der Waals surface area contributed by atoms with Gasteiger partial charge < -0.3 is 14.6 Å². The van der Waals surface area contributed by atoms with Crippen LogP contribution in [0.15, 0.2) is 30.4 Å². The molecule has 0 aliphatic carbocycles. The van der Waals surface area contributed by atoms with Crippen LogP contribution in [0.1, 0.15) is 25.8 Å². The summed E-state index contributed by atoms with van der Waals surface area (Å²) in [5.41, 5.74) is 1.21. The van der Waals surface area contributed by atoms with Crippen LogP contribution in [0, 0.1) is 0 Å². The van der Waals surface area contributed by atoms with Gasteiger partial charge in [-0.1, -0.05) is 32.1 Å². The van der Waals surface area contributed by atoms with Gasteiger partial charge in [0.1, 0.15) is 13.2 Å². The molecule has 0 unspecified atom stereocenters. The Morgan fingerprint density at radius 2 is 2.11 bits per heavy atom. The second kappa shape index (κ2) is 7.46. The van der Waals surface area contributed by atoms with Crippen molar-refractivity contribution in [1.29, 1.82) is 0 Å². The molecule has 1 aromatic carbocycles. The van der Waals surface area contributed by atoms with Gasteiger partial charge in [-0.15, -0.1) is 0 Å². The molecule has 1 aromatic rings. The van der Waals surface area contributed by atoms with Crippen molar-refractivity contribution < 1.29 is 19.4 Å². The zero-order valence-electron chi connectivity index (χ0n) is 11.4. The zero-order valence-corrected chi connectivity index (χ0v) is 11.4. The van der Waals surface area contributed by atoms with Gasteiger partial charge in [-0.05, 0) is 25.0 Å². The Morgan fingerprint density at radius 3 is 2.74 bits per heavy atom. The molecule has 0 aliphatic heterocycles. The van der Waals surface area contributed by atoms with E-state index in [1.165, 1.54) is 0 Å². The number of para-hydroxylation sites is 1. The Balaban J connectivity index is 2.47. The fourth-order valence-electron chi connectivity index (χ4n) is 1.56. The maximum Gasteiger partial charge on any atom is 0.333 e. The van der Waals surface area contributed by atoms with E-state index in [0.29, 0.717) is 11.3 Å². The van der Waals surface area contributed by atoms with E-state index in [1.807, 2.05) is 19.1 Å². The van der Waals surface area contributed by atoms with E-state index in [1.54, 1.807) is 13.0 Å². The number of carbonyl (C=O) groups is 1. The van der Waals surface area contributed by atoms with Crippen molar-refractivity contribution in [2.75, 3.05) is 13.2 Å². The number of rotatable bonds is 7. The highest BCUT2D eigenvalue weighted by Crippen LogP contribution is 2.30. The van der Waals surface area contributed by atoms with E-state index in [0.717, 1.165) is 18.4 Å². The Hall–Kier alpha value is -1.97. The maximum atomic E-state index is 11.1. The van der Waals surface area contributed by atoms with E-state index < -0.39 is 5.97 Å². The standard InChI is InChI=1S/C15H20O4/c1-4-6-12-7-5-8-13(14(12)16)18-9-10-19-15(17)11(2)3/h5,7-8,16H,2,4,6,9-10H2,1,3H3. The highest BCUT2D eigenvalue weighted by Gasteiger charge is 2.08. The second-order valence-corrected chi connectivity index (χ2v) is 4.28. The minimum Gasteiger partial charge on any atom is -0.504 e.